The summed E-state index contributed by atoms with van der Waals surface area (Å²) in [5, 5.41) is 1.11. The minimum atomic E-state index is -1.06. The number of hydrogen-bond acceptors (Lipinski definition) is 3. The molecular formula is C17H25NO3Si. The van der Waals surface area contributed by atoms with Crippen molar-refractivity contribution in [2.24, 2.45) is 0 Å². The van der Waals surface area contributed by atoms with Gasteiger partial charge in [-0.1, -0.05) is 37.8 Å². The number of para-hydroxylation sites is 1. The second-order valence-electron chi connectivity index (χ2n) is 6.77. The van der Waals surface area contributed by atoms with Crippen LogP contribution in [0, 0.1) is 0 Å². The highest BCUT2D eigenvalue weighted by Crippen LogP contribution is 2.22. The summed E-state index contributed by atoms with van der Waals surface area (Å²) in [6, 6.07) is 9.28. The van der Waals surface area contributed by atoms with Gasteiger partial charge in [0.25, 0.3) is 0 Å². The first kappa shape index (κ1) is 16.8. The summed E-state index contributed by atoms with van der Waals surface area (Å²) in [5.41, 5.74) is 2.12. The van der Waals surface area contributed by atoms with Crippen LogP contribution in [0.1, 0.15) is 12.5 Å². The van der Waals surface area contributed by atoms with Crippen molar-refractivity contribution in [2.45, 2.75) is 45.9 Å². The molecule has 0 spiro atoms. The highest BCUT2D eigenvalue weighted by Gasteiger charge is 2.13. The van der Waals surface area contributed by atoms with Gasteiger partial charge in [0.2, 0.25) is 0 Å². The van der Waals surface area contributed by atoms with Crippen LogP contribution in [0.3, 0.4) is 0 Å². The summed E-state index contributed by atoms with van der Waals surface area (Å²) in [6.07, 6.45) is 2.02. The number of fused-ring (bicyclic) bond motifs is 1. The molecule has 2 rings (SSSR count). The summed E-state index contributed by atoms with van der Waals surface area (Å²) < 4.78 is 13.0. The van der Waals surface area contributed by atoms with Crippen molar-refractivity contribution < 1.29 is 14.3 Å². The van der Waals surface area contributed by atoms with Gasteiger partial charge in [0.1, 0.15) is 13.3 Å². The van der Waals surface area contributed by atoms with Crippen molar-refractivity contribution >= 4 is 24.9 Å². The third kappa shape index (κ3) is 4.71. The maximum absolute atomic E-state index is 11.0. The Morgan fingerprint density at radius 3 is 2.64 bits per heavy atom. The number of carbonyl (C=O) groups excluding carboxylic acids is 1. The van der Waals surface area contributed by atoms with Crippen molar-refractivity contribution in [2.75, 3.05) is 6.61 Å². The summed E-state index contributed by atoms with van der Waals surface area (Å²) in [4.78, 5) is 11.0. The SMILES string of the molecule is CC(=O)OCc1cn(COCC[Si](C)(C)C)c2ccccc12. The fraction of sp³-hybridized carbons (Fsp3) is 0.471. The second kappa shape index (κ2) is 7.11. The lowest BCUT2D eigenvalue weighted by molar-refractivity contribution is -0.142. The number of ether oxygens (including phenoxy) is 2. The van der Waals surface area contributed by atoms with Crippen LogP contribution >= 0.6 is 0 Å². The Kier molecular flexibility index (Phi) is 5.42. The van der Waals surface area contributed by atoms with Crippen molar-refractivity contribution in [1.29, 1.82) is 0 Å². The summed E-state index contributed by atoms with van der Waals surface area (Å²) in [7, 11) is -1.06. The zero-order chi connectivity index (χ0) is 16.2. The number of aromatic nitrogens is 1. The van der Waals surface area contributed by atoms with Gasteiger partial charge in [-0.3, -0.25) is 4.79 Å². The van der Waals surface area contributed by atoms with Gasteiger partial charge in [0.15, 0.2) is 0 Å². The minimum absolute atomic E-state index is 0.261. The van der Waals surface area contributed by atoms with E-state index in [2.05, 4.69) is 30.3 Å². The maximum Gasteiger partial charge on any atom is 0.302 e. The van der Waals surface area contributed by atoms with E-state index in [1.54, 1.807) is 0 Å². The fourth-order valence-electron chi connectivity index (χ4n) is 2.27. The van der Waals surface area contributed by atoms with E-state index in [0.29, 0.717) is 13.3 Å². The molecule has 0 aliphatic rings. The Bertz CT molecular complexity index is 643. The van der Waals surface area contributed by atoms with Crippen LogP contribution in [0.4, 0.5) is 0 Å². The van der Waals surface area contributed by atoms with E-state index in [9.17, 15) is 4.79 Å². The zero-order valence-electron chi connectivity index (χ0n) is 13.9. The van der Waals surface area contributed by atoms with E-state index in [0.717, 1.165) is 29.1 Å². The average molecular weight is 319 g/mol. The van der Waals surface area contributed by atoms with E-state index in [1.807, 2.05) is 24.4 Å². The topological polar surface area (TPSA) is 40.5 Å². The number of rotatable bonds is 7. The van der Waals surface area contributed by atoms with E-state index in [-0.39, 0.29) is 5.97 Å². The maximum atomic E-state index is 11.0. The van der Waals surface area contributed by atoms with Gasteiger partial charge in [0.05, 0.1) is 5.52 Å². The highest BCUT2D eigenvalue weighted by molar-refractivity contribution is 6.76. The average Bonchev–Trinajstić information content (AvgIpc) is 2.79. The summed E-state index contributed by atoms with van der Waals surface area (Å²) >= 11 is 0. The lowest BCUT2D eigenvalue weighted by Crippen LogP contribution is -2.21. The number of benzene rings is 1. The number of esters is 1. The lowest BCUT2D eigenvalue weighted by atomic mass is 10.2. The van der Waals surface area contributed by atoms with Crippen LogP contribution in [0.2, 0.25) is 25.7 Å². The number of carbonyl (C=O) groups is 1. The Morgan fingerprint density at radius 2 is 1.95 bits per heavy atom. The predicted octanol–water partition coefficient (Wildman–Crippen LogP) is 4.02. The van der Waals surface area contributed by atoms with Gasteiger partial charge < -0.3 is 14.0 Å². The molecule has 120 valence electrons. The van der Waals surface area contributed by atoms with Crippen molar-refractivity contribution in [3.8, 4) is 0 Å². The Hall–Kier alpha value is -1.59. The van der Waals surface area contributed by atoms with Gasteiger partial charge in [-0.2, -0.15) is 0 Å². The molecule has 4 nitrogen and oxygen atoms in total. The van der Waals surface area contributed by atoms with Crippen LogP contribution in [0.5, 0.6) is 0 Å². The van der Waals surface area contributed by atoms with Gasteiger partial charge in [-0.15, -0.1) is 0 Å². The monoisotopic (exact) mass is 319 g/mol. The van der Waals surface area contributed by atoms with Crippen molar-refractivity contribution in [3.63, 3.8) is 0 Å². The van der Waals surface area contributed by atoms with E-state index >= 15 is 0 Å². The van der Waals surface area contributed by atoms with E-state index in [4.69, 9.17) is 9.47 Å². The first-order valence-electron chi connectivity index (χ1n) is 7.65. The predicted molar refractivity (Wildman–Crippen MR) is 91.5 cm³/mol. The molecule has 1 aromatic carbocycles. The molecule has 0 bridgehead atoms. The molecule has 0 atom stereocenters. The highest BCUT2D eigenvalue weighted by atomic mass is 28.3. The number of nitrogens with zero attached hydrogens (tertiary/aromatic N) is 1. The Balaban J connectivity index is 2.07. The van der Waals surface area contributed by atoms with Gasteiger partial charge in [-0.25, -0.2) is 0 Å². The molecule has 1 heterocycles. The standard InChI is InChI=1S/C17H25NO3Si/c1-14(19)21-12-15-11-18(13-20-9-10-22(2,3)4)17-8-6-5-7-16(15)17/h5-8,11H,9-10,12-13H2,1-4H3. The smallest absolute Gasteiger partial charge is 0.302 e. The Morgan fingerprint density at radius 1 is 1.23 bits per heavy atom. The quantitative estimate of drug-likeness (QED) is 0.440. The molecule has 2 aromatic rings. The van der Waals surface area contributed by atoms with Crippen LogP contribution < -0.4 is 0 Å². The molecule has 5 heteroatoms. The minimum Gasteiger partial charge on any atom is -0.461 e. The molecule has 22 heavy (non-hydrogen) atoms. The molecule has 0 fully saturated rings. The van der Waals surface area contributed by atoms with Crippen molar-refractivity contribution in [1.82, 2.24) is 4.57 Å². The summed E-state index contributed by atoms with van der Waals surface area (Å²) in [5.74, 6) is -0.261. The van der Waals surface area contributed by atoms with Gasteiger partial charge in [0, 0.05) is 38.8 Å². The van der Waals surface area contributed by atoms with Crippen LogP contribution in [-0.2, 0) is 27.6 Å². The van der Waals surface area contributed by atoms with Crippen LogP contribution in [0.25, 0.3) is 10.9 Å². The first-order valence-corrected chi connectivity index (χ1v) is 11.4. The van der Waals surface area contributed by atoms with Crippen LogP contribution in [0.15, 0.2) is 30.5 Å². The summed E-state index contributed by atoms with van der Waals surface area (Å²) in [6.45, 7) is 10.1. The van der Waals surface area contributed by atoms with E-state index in [1.165, 1.54) is 6.92 Å². The Labute approximate surface area is 133 Å². The number of hydrogen-bond donors (Lipinski definition) is 0. The molecular weight excluding hydrogens is 294 g/mol. The third-order valence-corrected chi connectivity index (χ3v) is 5.23. The zero-order valence-corrected chi connectivity index (χ0v) is 14.9. The van der Waals surface area contributed by atoms with E-state index < -0.39 is 8.07 Å². The molecule has 0 saturated heterocycles. The molecule has 0 amide bonds. The van der Waals surface area contributed by atoms with Gasteiger partial charge >= 0.3 is 5.97 Å². The largest absolute Gasteiger partial charge is 0.461 e. The normalized spacial score (nSPS) is 11.8. The first-order chi connectivity index (χ1) is 10.4. The molecule has 0 N–H and O–H groups in total. The third-order valence-electron chi connectivity index (χ3n) is 3.53. The lowest BCUT2D eigenvalue weighted by Gasteiger charge is -2.15. The second-order valence-corrected chi connectivity index (χ2v) is 12.4. The van der Waals surface area contributed by atoms with Crippen molar-refractivity contribution in [3.05, 3.63) is 36.0 Å². The molecule has 0 aliphatic heterocycles. The van der Waals surface area contributed by atoms with Gasteiger partial charge in [-0.05, 0) is 12.1 Å². The molecule has 1 aromatic heterocycles. The van der Waals surface area contributed by atoms with Crippen LogP contribution in [-0.4, -0.2) is 25.2 Å². The molecule has 0 radical (unpaired) electrons. The fourth-order valence-corrected chi connectivity index (χ4v) is 3.02. The molecule has 0 unspecified atom stereocenters. The molecule has 0 saturated carbocycles. The molecule has 0 aliphatic carbocycles.